The van der Waals surface area contributed by atoms with Gasteiger partial charge in [0.05, 0.1) is 18.3 Å². The van der Waals surface area contributed by atoms with Crippen molar-refractivity contribution < 1.29 is 19.0 Å². The molecule has 4 N–H and O–H groups in total. The summed E-state index contributed by atoms with van der Waals surface area (Å²) in [5.41, 5.74) is 14.0. The smallest absolute Gasteiger partial charge is 0.338 e. The van der Waals surface area contributed by atoms with Crippen LogP contribution >= 0.6 is 0 Å². The zero-order valence-corrected chi connectivity index (χ0v) is 25.0. The monoisotopic (exact) mass is 550 g/mol. The molecule has 2 aliphatic heterocycles. The minimum Gasteiger partial charge on any atom is -0.459 e. The van der Waals surface area contributed by atoms with Crippen LogP contribution in [0.1, 0.15) is 102 Å². The highest BCUT2D eigenvalue weighted by Gasteiger charge is 2.69. The van der Waals surface area contributed by atoms with Crippen molar-refractivity contribution in [3.05, 3.63) is 23.8 Å². The van der Waals surface area contributed by atoms with Gasteiger partial charge < -0.3 is 25.7 Å². The van der Waals surface area contributed by atoms with E-state index in [1.165, 1.54) is 38.5 Å². The lowest BCUT2D eigenvalue weighted by Gasteiger charge is -2.61. The molecule has 6 aliphatic rings. The van der Waals surface area contributed by atoms with Gasteiger partial charge in [0.25, 0.3) is 0 Å². The summed E-state index contributed by atoms with van der Waals surface area (Å²) in [6.45, 7) is 10.8. The molecule has 2 saturated heterocycles. The highest BCUT2D eigenvalue weighted by atomic mass is 16.7. The highest BCUT2D eigenvalue weighted by molar-refractivity contribution is 5.91. The third kappa shape index (κ3) is 3.98. The van der Waals surface area contributed by atoms with Gasteiger partial charge in [-0.15, -0.1) is 0 Å². The summed E-state index contributed by atoms with van der Waals surface area (Å²) in [4.78, 5) is 12.9. The first-order valence-corrected chi connectivity index (χ1v) is 16.2. The van der Waals surface area contributed by atoms with Crippen LogP contribution in [0, 0.1) is 52.3 Å². The van der Waals surface area contributed by atoms with Crippen molar-refractivity contribution in [2.24, 2.45) is 52.3 Å². The number of rotatable bonds is 2. The number of carbonyl (C=O) groups is 1. The van der Waals surface area contributed by atoms with Crippen molar-refractivity contribution in [1.82, 2.24) is 0 Å². The largest absolute Gasteiger partial charge is 0.459 e. The molecule has 0 aromatic heterocycles. The van der Waals surface area contributed by atoms with Crippen LogP contribution in [0.5, 0.6) is 0 Å². The number of hydrogen-bond donors (Lipinski definition) is 2. The third-order valence-electron chi connectivity index (χ3n) is 13.4. The molecule has 6 fully saturated rings. The first-order valence-electron chi connectivity index (χ1n) is 16.2. The fourth-order valence-electron chi connectivity index (χ4n) is 11.4. The van der Waals surface area contributed by atoms with Crippen molar-refractivity contribution in [1.29, 1.82) is 0 Å². The molecule has 6 heteroatoms. The molecule has 2 heterocycles. The van der Waals surface area contributed by atoms with E-state index < -0.39 is 0 Å². The number of ether oxygens (including phenoxy) is 3. The molecule has 7 rings (SSSR count). The number of benzene rings is 1. The summed E-state index contributed by atoms with van der Waals surface area (Å²) in [5, 5.41) is 0. The van der Waals surface area contributed by atoms with Gasteiger partial charge in [-0.25, -0.2) is 4.79 Å². The Balaban J connectivity index is 1.04. The van der Waals surface area contributed by atoms with E-state index in [9.17, 15) is 4.79 Å². The fraction of sp³-hybridized carbons (Fsp3) is 0.794. The lowest BCUT2D eigenvalue weighted by molar-refractivity contribution is -0.273. The van der Waals surface area contributed by atoms with Crippen molar-refractivity contribution in [3.63, 3.8) is 0 Å². The second-order valence-electron chi connectivity index (χ2n) is 15.4. The normalized spacial score (nSPS) is 49.5. The SMILES string of the molecule is CC1CCC2(OC1)OC1CC3C4CCC5CC(OC(=O)c6cc(N)cc(N)c6)CCC5(C)C4CCC3(C)C1C2C. The second-order valence-corrected chi connectivity index (χ2v) is 15.4. The Kier molecular flexibility index (Phi) is 6.33. The van der Waals surface area contributed by atoms with E-state index in [4.69, 9.17) is 25.7 Å². The molecule has 4 aliphatic carbocycles. The summed E-state index contributed by atoms with van der Waals surface area (Å²) in [7, 11) is 0. The summed E-state index contributed by atoms with van der Waals surface area (Å²) in [6, 6.07) is 5.00. The molecule has 1 aromatic rings. The van der Waals surface area contributed by atoms with Crippen LogP contribution in [0.4, 0.5) is 11.4 Å². The predicted molar refractivity (Wildman–Crippen MR) is 156 cm³/mol. The fourth-order valence-corrected chi connectivity index (χ4v) is 11.4. The number of nitrogens with two attached hydrogens (primary N) is 2. The van der Waals surface area contributed by atoms with Crippen LogP contribution < -0.4 is 11.5 Å². The van der Waals surface area contributed by atoms with E-state index in [2.05, 4.69) is 27.7 Å². The maximum absolute atomic E-state index is 12.9. The molecule has 1 aromatic carbocycles. The van der Waals surface area contributed by atoms with E-state index in [0.717, 1.165) is 50.0 Å². The summed E-state index contributed by atoms with van der Waals surface area (Å²) in [5.74, 6) is 4.05. The third-order valence-corrected chi connectivity index (χ3v) is 13.4. The Labute approximate surface area is 240 Å². The van der Waals surface area contributed by atoms with Gasteiger partial charge in [0.15, 0.2) is 5.79 Å². The number of hydrogen-bond acceptors (Lipinski definition) is 6. The van der Waals surface area contributed by atoms with Crippen LogP contribution in [0.15, 0.2) is 18.2 Å². The summed E-state index contributed by atoms with van der Waals surface area (Å²) >= 11 is 0. The highest BCUT2D eigenvalue weighted by Crippen LogP contribution is 2.71. The van der Waals surface area contributed by atoms with Crippen LogP contribution in [-0.2, 0) is 14.2 Å². The van der Waals surface area contributed by atoms with E-state index in [-0.39, 0.29) is 17.9 Å². The van der Waals surface area contributed by atoms with Crippen molar-refractivity contribution in [3.8, 4) is 0 Å². The van der Waals surface area contributed by atoms with Gasteiger partial charge in [-0.05, 0) is 122 Å². The van der Waals surface area contributed by atoms with Gasteiger partial charge in [-0.3, -0.25) is 0 Å². The zero-order chi connectivity index (χ0) is 28.0. The summed E-state index contributed by atoms with van der Waals surface area (Å²) < 4.78 is 19.5. The van der Waals surface area contributed by atoms with Gasteiger partial charge in [0.2, 0.25) is 0 Å². The predicted octanol–water partition coefficient (Wildman–Crippen LogP) is 6.82. The molecule has 40 heavy (non-hydrogen) atoms. The quantitative estimate of drug-likeness (QED) is 0.310. The first kappa shape index (κ1) is 27.1. The number of fused-ring (bicyclic) bond motifs is 7. The average molecular weight is 551 g/mol. The molecule has 12 unspecified atom stereocenters. The Morgan fingerprint density at radius 3 is 2.38 bits per heavy atom. The van der Waals surface area contributed by atoms with Gasteiger partial charge in [0.1, 0.15) is 6.10 Å². The topological polar surface area (TPSA) is 96.8 Å². The average Bonchev–Trinajstić information content (AvgIpc) is 3.35. The van der Waals surface area contributed by atoms with E-state index >= 15 is 0 Å². The molecular formula is C34H50N2O4. The minimum absolute atomic E-state index is 0.0203. The van der Waals surface area contributed by atoms with Crippen molar-refractivity contribution in [2.45, 2.75) is 110 Å². The maximum Gasteiger partial charge on any atom is 0.338 e. The van der Waals surface area contributed by atoms with Gasteiger partial charge >= 0.3 is 5.97 Å². The number of nitrogen functional groups attached to an aromatic ring is 2. The molecule has 6 nitrogen and oxygen atoms in total. The molecule has 0 radical (unpaired) electrons. The first-order chi connectivity index (χ1) is 19.0. The number of anilines is 2. The molecule has 0 amide bonds. The minimum atomic E-state index is -0.330. The van der Waals surface area contributed by atoms with Crippen molar-refractivity contribution in [2.75, 3.05) is 18.1 Å². The number of esters is 1. The molecule has 12 atom stereocenters. The standard InChI is InChI=1S/C34H50N2O4/c1-19-7-12-34(38-18-19)20(2)30-29(40-34)17-28-26-6-5-22-15-25(39-31(37)21-13-23(35)16-24(36)14-21)8-10-32(22,3)27(26)9-11-33(28,30)4/h13-14,16,19-20,22,25-30H,5-12,15,17-18,35-36H2,1-4H3. The van der Waals surface area contributed by atoms with Crippen molar-refractivity contribution >= 4 is 17.3 Å². The van der Waals surface area contributed by atoms with Gasteiger partial charge in [-0.2, -0.15) is 0 Å². The van der Waals surface area contributed by atoms with Crippen LogP contribution in [-0.4, -0.2) is 30.6 Å². The van der Waals surface area contributed by atoms with Gasteiger partial charge in [0, 0.05) is 23.7 Å². The van der Waals surface area contributed by atoms with Crippen LogP contribution in [0.3, 0.4) is 0 Å². The molecule has 4 saturated carbocycles. The Morgan fingerprint density at radius 1 is 0.900 bits per heavy atom. The Bertz CT molecular complexity index is 1140. The van der Waals surface area contributed by atoms with E-state index in [1.807, 2.05) is 0 Å². The molecule has 1 spiro atoms. The Morgan fingerprint density at radius 2 is 1.65 bits per heavy atom. The molecular weight excluding hydrogens is 500 g/mol. The number of carbonyl (C=O) groups excluding carboxylic acids is 1. The second kappa shape index (κ2) is 9.36. The lowest BCUT2D eigenvalue weighted by atomic mass is 9.44. The van der Waals surface area contributed by atoms with E-state index in [1.54, 1.807) is 18.2 Å². The summed E-state index contributed by atoms with van der Waals surface area (Å²) in [6.07, 6.45) is 12.1. The van der Waals surface area contributed by atoms with Crippen LogP contribution in [0.2, 0.25) is 0 Å². The molecule has 220 valence electrons. The lowest BCUT2D eigenvalue weighted by Crippen LogP contribution is -2.55. The van der Waals surface area contributed by atoms with E-state index in [0.29, 0.717) is 57.5 Å². The Hall–Kier alpha value is -1.79. The molecule has 0 bridgehead atoms. The van der Waals surface area contributed by atoms with Gasteiger partial charge in [-0.1, -0.05) is 27.7 Å². The maximum atomic E-state index is 12.9. The van der Waals surface area contributed by atoms with Crippen LogP contribution in [0.25, 0.3) is 0 Å². The zero-order valence-electron chi connectivity index (χ0n) is 25.0.